The van der Waals surface area contributed by atoms with Gasteiger partial charge in [-0.3, -0.25) is 14.4 Å². The SMILES string of the molecule is CCCCNC(=O)C(=O)N/N=C\c1ccccc1OCC(=O)Nc1cc(Cl)cc(Cl)c1. The number of carbonyl (C=O) groups is 3. The summed E-state index contributed by atoms with van der Waals surface area (Å²) in [5, 5.41) is 9.69. The Morgan fingerprint density at radius 2 is 1.77 bits per heavy atom. The number of rotatable bonds is 9. The first-order valence-corrected chi connectivity index (χ1v) is 10.2. The lowest BCUT2D eigenvalue weighted by molar-refractivity contribution is -0.139. The number of benzene rings is 2. The van der Waals surface area contributed by atoms with Gasteiger partial charge in [-0.2, -0.15) is 5.10 Å². The molecule has 8 nitrogen and oxygen atoms in total. The Bertz CT molecular complexity index is 946. The van der Waals surface area contributed by atoms with Crippen LogP contribution in [0.15, 0.2) is 47.6 Å². The number of hydrazone groups is 1. The van der Waals surface area contributed by atoms with Crippen LogP contribution in [0.3, 0.4) is 0 Å². The Morgan fingerprint density at radius 1 is 1.06 bits per heavy atom. The molecule has 0 saturated heterocycles. The topological polar surface area (TPSA) is 109 Å². The van der Waals surface area contributed by atoms with Crippen molar-refractivity contribution in [2.75, 3.05) is 18.5 Å². The molecule has 2 aromatic rings. The number of ether oxygens (including phenoxy) is 1. The Hall–Kier alpha value is -3.10. The lowest BCUT2D eigenvalue weighted by atomic mass is 10.2. The summed E-state index contributed by atoms with van der Waals surface area (Å²) in [5.41, 5.74) is 3.10. The molecule has 0 fully saturated rings. The molecule has 0 aliphatic heterocycles. The zero-order valence-electron chi connectivity index (χ0n) is 16.8. The monoisotopic (exact) mass is 464 g/mol. The largest absolute Gasteiger partial charge is 0.483 e. The lowest BCUT2D eigenvalue weighted by Gasteiger charge is -2.10. The summed E-state index contributed by atoms with van der Waals surface area (Å²) >= 11 is 11.8. The van der Waals surface area contributed by atoms with Crippen molar-refractivity contribution < 1.29 is 19.1 Å². The van der Waals surface area contributed by atoms with Gasteiger partial charge in [0.05, 0.1) is 6.21 Å². The highest BCUT2D eigenvalue weighted by molar-refractivity contribution is 6.35. The van der Waals surface area contributed by atoms with Gasteiger partial charge in [0, 0.05) is 27.8 Å². The first-order chi connectivity index (χ1) is 14.9. The Kier molecular flexibility index (Phi) is 9.80. The third-order valence-corrected chi connectivity index (χ3v) is 4.25. The van der Waals surface area contributed by atoms with E-state index < -0.39 is 17.7 Å². The van der Waals surface area contributed by atoms with E-state index >= 15 is 0 Å². The van der Waals surface area contributed by atoms with Gasteiger partial charge in [-0.25, -0.2) is 5.43 Å². The number of hydrogen-bond acceptors (Lipinski definition) is 5. The van der Waals surface area contributed by atoms with Crippen LogP contribution in [0.4, 0.5) is 5.69 Å². The van der Waals surface area contributed by atoms with Crippen molar-refractivity contribution in [2.45, 2.75) is 19.8 Å². The van der Waals surface area contributed by atoms with Crippen LogP contribution >= 0.6 is 23.2 Å². The predicted molar refractivity (Wildman–Crippen MR) is 121 cm³/mol. The maximum atomic E-state index is 12.1. The third-order valence-electron chi connectivity index (χ3n) is 3.82. The number of anilines is 1. The number of para-hydroxylation sites is 1. The normalized spacial score (nSPS) is 10.5. The molecule has 164 valence electrons. The van der Waals surface area contributed by atoms with Gasteiger partial charge in [0.2, 0.25) is 0 Å². The second-order valence-corrected chi connectivity index (χ2v) is 7.21. The minimum atomic E-state index is -0.870. The van der Waals surface area contributed by atoms with E-state index in [0.29, 0.717) is 33.6 Å². The maximum absolute atomic E-state index is 12.1. The number of halogens is 2. The molecule has 0 radical (unpaired) electrons. The zero-order valence-corrected chi connectivity index (χ0v) is 18.3. The Balaban J connectivity index is 1.89. The number of carbonyl (C=O) groups excluding carboxylic acids is 3. The third kappa shape index (κ3) is 8.65. The van der Waals surface area contributed by atoms with Crippen LogP contribution in [0.1, 0.15) is 25.3 Å². The van der Waals surface area contributed by atoms with Crippen LogP contribution in [0.25, 0.3) is 0 Å². The molecule has 0 saturated carbocycles. The molecule has 0 atom stereocenters. The van der Waals surface area contributed by atoms with Crippen LogP contribution in [-0.2, 0) is 14.4 Å². The van der Waals surface area contributed by atoms with Crippen molar-refractivity contribution in [3.05, 3.63) is 58.1 Å². The molecule has 0 unspecified atom stereocenters. The summed E-state index contributed by atoms with van der Waals surface area (Å²) < 4.78 is 5.54. The van der Waals surface area contributed by atoms with Crippen LogP contribution < -0.4 is 20.8 Å². The van der Waals surface area contributed by atoms with E-state index in [1.54, 1.807) is 42.5 Å². The summed E-state index contributed by atoms with van der Waals surface area (Å²) in [6, 6.07) is 11.5. The smallest absolute Gasteiger partial charge is 0.329 e. The Morgan fingerprint density at radius 3 is 2.48 bits per heavy atom. The molecule has 0 aliphatic carbocycles. The summed E-state index contributed by atoms with van der Waals surface area (Å²) in [6.45, 7) is 2.13. The van der Waals surface area contributed by atoms with Gasteiger partial charge < -0.3 is 15.4 Å². The highest BCUT2D eigenvalue weighted by atomic mass is 35.5. The van der Waals surface area contributed by atoms with E-state index in [1.165, 1.54) is 6.21 Å². The predicted octanol–water partition coefficient (Wildman–Crippen LogP) is 3.38. The first-order valence-electron chi connectivity index (χ1n) is 9.48. The summed E-state index contributed by atoms with van der Waals surface area (Å²) in [6.07, 6.45) is 3.01. The molecule has 0 bridgehead atoms. The number of unbranched alkanes of at least 4 members (excludes halogenated alkanes) is 1. The fourth-order valence-electron chi connectivity index (χ4n) is 2.36. The number of nitrogens with one attached hydrogen (secondary N) is 3. The molecule has 0 heterocycles. The fraction of sp³-hybridized carbons (Fsp3) is 0.238. The molecule has 3 amide bonds. The zero-order chi connectivity index (χ0) is 22.6. The van der Waals surface area contributed by atoms with Gasteiger partial charge in [-0.15, -0.1) is 0 Å². The minimum Gasteiger partial charge on any atom is -0.483 e. The second kappa shape index (κ2) is 12.6. The maximum Gasteiger partial charge on any atom is 0.329 e. The summed E-state index contributed by atoms with van der Waals surface area (Å²) in [5.74, 6) is -1.67. The number of nitrogens with zero attached hydrogens (tertiary/aromatic N) is 1. The van der Waals surface area contributed by atoms with Crippen molar-refractivity contribution in [3.63, 3.8) is 0 Å². The molecular formula is C21H22Cl2N4O4. The van der Waals surface area contributed by atoms with E-state index in [9.17, 15) is 14.4 Å². The molecule has 0 aromatic heterocycles. The fourth-order valence-corrected chi connectivity index (χ4v) is 2.88. The molecule has 0 spiro atoms. The van der Waals surface area contributed by atoms with E-state index in [1.807, 2.05) is 6.92 Å². The summed E-state index contributed by atoms with van der Waals surface area (Å²) in [7, 11) is 0. The van der Waals surface area contributed by atoms with Gasteiger partial charge >= 0.3 is 11.8 Å². The van der Waals surface area contributed by atoms with Crippen molar-refractivity contribution in [2.24, 2.45) is 5.10 Å². The van der Waals surface area contributed by atoms with E-state index in [0.717, 1.165) is 12.8 Å². The van der Waals surface area contributed by atoms with Crippen LogP contribution in [0, 0.1) is 0 Å². The second-order valence-electron chi connectivity index (χ2n) is 6.34. The van der Waals surface area contributed by atoms with Crippen LogP contribution in [-0.4, -0.2) is 37.1 Å². The van der Waals surface area contributed by atoms with Gasteiger partial charge in [0.25, 0.3) is 5.91 Å². The average molecular weight is 465 g/mol. The minimum absolute atomic E-state index is 0.277. The standard InChI is InChI=1S/C21H22Cl2N4O4/c1-2-3-8-24-20(29)21(30)27-25-12-14-6-4-5-7-18(14)31-13-19(28)26-17-10-15(22)9-16(23)11-17/h4-7,9-12H,2-3,8,13H2,1H3,(H,24,29)(H,26,28)(H,27,30)/b25-12-. The molecule has 2 aromatic carbocycles. The first kappa shape index (κ1) is 24.2. The molecule has 2 rings (SSSR count). The average Bonchev–Trinajstić information content (AvgIpc) is 2.72. The van der Waals surface area contributed by atoms with Crippen LogP contribution in [0.2, 0.25) is 10.0 Å². The molecular weight excluding hydrogens is 443 g/mol. The van der Waals surface area contributed by atoms with Crippen molar-refractivity contribution >= 4 is 52.8 Å². The highest BCUT2D eigenvalue weighted by Gasteiger charge is 2.11. The quantitative estimate of drug-likeness (QED) is 0.228. The number of hydrogen-bond donors (Lipinski definition) is 3. The molecule has 31 heavy (non-hydrogen) atoms. The van der Waals surface area contributed by atoms with E-state index in [4.69, 9.17) is 27.9 Å². The Labute approximate surface area is 189 Å². The number of amides is 3. The van der Waals surface area contributed by atoms with Gasteiger partial charge in [0.1, 0.15) is 5.75 Å². The van der Waals surface area contributed by atoms with Crippen molar-refractivity contribution in [1.82, 2.24) is 10.7 Å². The van der Waals surface area contributed by atoms with Crippen LogP contribution in [0.5, 0.6) is 5.75 Å². The highest BCUT2D eigenvalue weighted by Crippen LogP contribution is 2.22. The van der Waals surface area contributed by atoms with Crippen molar-refractivity contribution in [1.29, 1.82) is 0 Å². The molecule has 0 aliphatic rings. The van der Waals surface area contributed by atoms with Gasteiger partial charge in [0.15, 0.2) is 6.61 Å². The molecule has 3 N–H and O–H groups in total. The van der Waals surface area contributed by atoms with E-state index in [2.05, 4.69) is 21.2 Å². The van der Waals surface area contributed by atoms with Gasteiger partial charge in [-0.05, 0) is 36.8 Å². The van der Waals surface area contributed by atoms with Crippen molar-refractivity contribution in [3.8, 4) is 5.75 Å². The van der Waals surface area contributed by atoms with Gasteiger partial charge in [-0.1, -0.05) is 48.7 Å². The summed E-state index contributed by atoms with van der Waals surface area (Å²) in [4.78, 5) is 35.5. The molecule has 10 heteroatoms. The lowest BCUT2D eigenvalue weighted by Crippen LogP contribution is -2.38. The van der Waals surface area contributed by atoms with E-state index in [-0.39, 0.29) is 6.61 Å².